The van der Waals surface area contributed by atoms with Crippen LogP contribution in [0.15, 0.2) is 35.4 Å². The Hall–Kier alpha value is -2.40. The summed E-state index contributed by atoms with van der Waals surface area (Å²) in [4.78, 5) is 7.78. The van der Waals surface area contributed by atoms with Crippen LogP contribution in [0.2, 0.25) is 0 Å². The number of ether oxygens (including phenoxy) is 1. The van der Waals surface area contributed by atoms with Crippen LogP contribution in [0.4, 0.5) is 19.1 Å². The third kappa shape index (κ3) is 3.82. The summed E-state index contributed by atoms with van der Waals surface area (Å²) in [5.74, 6) is -0.442. The van der Waals surface area contributed by atoms with Crippen molar-refractivity contribution in [1.29, 1.82) is 0 Å². The number of nitrogens with zero attached hydrogens (tertiary/aromatic N) is 3. The highest BCUT2D eigenvalue weighted by molar-refractivity contribution is 7.89. The van der Waals surface area contributed by atoms with Gasteiger partial charge in [0.05, 0.1) is 17.1 Å². The van der Waals surface area contributed by atoms with Crippen LogP contribution >= 0.6 is 0 Å². The van der Waals surface area contributed by atoms with E-state index in [0.29, 0.717) is 12.1 Å². The number of hydrogen-bond acceptors (Lipinski definition) is 6. The van der Waals surface area contributed by atoms with Gasteiger partial charge < -0.3 is 10.5 Å². The molecule has 1 aliphatic rings. The van der Waals surface area contributed by atoms with Crippen molar-refractivity contribution in [2.24, 2.45) is 0 Å². The van der Waals surface area contributed by atoms with Crippen LogP contribution in [0.25, 0.3) is 0 Å². The number of nitrogen functional groups attached to an aromatic ring is 1. The molecule has 11 heteroatoms. The molecule has 0 radical (unpaired) electrons. The molecule has 1 aliphatic heterocycles. The van der Waals surface area contributed by atoms with E-state index in [2.05, 4.69) is 14.7 Å². The third-order valence-corrected chi connectivity index (χ3v) is 5.48. The third-order valence-electron chi connectivity index (χ3n) is 3.62. The van der Waals surface area contributed by atoms with E-state index in [4.69, 9.17) is 5.73 Å². The van der Waals surface area contributed by atoms with Crippen molar-refractivity contribution < 1.29 is 26.3 Å². The Morgan fingerprint density at radius 2 is 1.88 bits per heavy atom. The van der Waals surface area contributed by atoms with Gasteiger partial charge in [-0.05, 0) is 36.2 Å². The molecule has 0 unspecified atom stereocenters. The monoisotopic (exact) mass is 374 g/mol. The lowest BCUT2D eigenvalue weighted by molar-refractivity contribution is -0.274. The largest absolute Gasteiger partial charge is 0.573 e. The molecular weight excluding hydrogens is 361 g/mol. The van der Waals surface area contributed by atoms with Crippen LogP contribution in [0.1, 0.15) is 11.3 Å². The number of rotatable bonds is 3. The quantitative estimate of drug-likeness (QED) is 0.878. The molecule has 0 amide bonds. The van der Waals surface area contributed by atoms with Gasteiger partial charge in [-0.2, -0.15) is 4.31 Å². The van der Waals surface area contributed by atoms with Crippen molar-refractivity contribution in [2.75, 3.05) is 12.3 Å². The fourth-order valence-electron chi connectivity index (χ4n) is 2.46. The standard InChI is InChI=1S/C14H13F3N4O3S/c15-14(16,17)24-10-1-3-11(4-2-10)25(22,23)21-6-5-9-7-19-13(18)20-12(9)8-21/h1-4,7H,5-6,8H2,(H2,18,19,20). The van der Waals surface area contributed by atoms with Crippen molar-refractivity contribution in [3.05, 3.63) is 41.7 Å². The van der Waals surface area contributed by atoms with Crippen LogP contribution in [0.3, 0.4) is 0 Å². The molecule has 1 aromatic carbocycles. The van der Waals surface area contributed by atoms with Crippen LogP contribution in [-0.4, -0.2) is 35.6 Å². The Balaban J connectivity index is 1.82. The van der Waals surface area contributed by atoms with Crippen LogP contribution in [-0.2, 0) is 23.0 Å². The zero-order valence-electron chi connectivity index (χ0n) is 12.7. The maximum Gasteiger partial charge on any atom is 0.573 e. The van der Waals surface area contributed by atoms with E-state index in [1.807, 2.05) is 0 Å². The molecule has 0 fully saturated rings. The Labute approximate surface area is 141 Å². The smallest absolute Gasteiger partial charge is 0.406 e. The first-order chi connectivity index (χ1) is 11.6. The molecule has 7 nitrogen and oxygen atoms in total. The molecule has 2 heterocycles. The minimum Gasteiger partial charge on any atom is -0.406 e. The fraction of sp³-hybridized carbons (Fsp3) is 0.286. The highest BCUT2D eigenvalue weighted by atomic mass is 32.2. The van der Waals surface area contributed by atoms with Gasteiger partial charge in [0.25, 0.3) is 0 Å². The van der Waals surface area contributed by atoms with Gasteiger partial charge >= 0.3 is 6.36 Å². The summed E-state index contributed by atoms with van der Waals surface area (Å²) in [5, 5.41) is 0. The maximum absolute atomic E-state index is 12.7. The lowest BCUT2D eigenvalue weighted by atomic mass is 10.1. The molecule has 3 rings (SSSR count). The summed E-state index contributed by atoms with van der Waals surface area (Å²) in [6.45, 7) is 0.231. The predicted molar refractivity (Wildman–Crippen MR) is 80.9 cm³/mol. The Morgan fingerprint density at radius 3 is 2.52 bits per heavy atom. The topological polar surface area (TPSA) is 98.4 Å². The molecule has 0 spiro atoms. The van der Waals surface area contributed by atoms with E-state index in [0.717, 1.165) is 29.8 Å². The fourth-order valence-corrected chi connectivity index (χ4v) is 3.86. The van der Waals surface area contributed by atoms with E-state index in [1.54, 1.807) is 6.20 Å². The summed E-state index contributed by atoms with van der Waals surface area (Å²) in [7, 11) is -3.88. The summed E-state index contributed by atoms with van der Waals surface area (Å²) in [6.07, 6.45) is -2.86. The number of fused-ring (bicyclic) bond motifs is 1. The normalized spacial score (nSPS) is 15.6. The predicted octanol–water partition coefficient (Wildman–Crippen LogP) is 1.70. The number of alkyl halides is 3. The van der Waals surface area contributed by atoms with Crippen LogP contribution in [0, 0.1) is 0 Å². The van der Waals surface area contributed by atoms with Gasteiger partial charge in [-0.25, -0.2) is 18.4 Å². The molecule has 0 bridgehead atoms. The molecular formula is C14H13F3N4O3S. The van der Waals surface area contributed by atoms with Crippen molar-refractivity contribution in [1.82, 2.24) is 14.3 Å². The second-order valence-corrected chi connectivity index (χ2v) is 7.25. The summed E-state index contributed by atoms with van der Waals surface area (Å²) < 4.78 is 66.8. The van der Waals surface area contributed by atoms with Gasteiger partial charge in [0.2, 0.25) is 16.0 Å². The second-order valence-electron chi connectivity index (χ2n) is 5.31. The minimum absolute atomic E-state index is 0.0190. The molecule has 0 aliphatic carbocycles. The van der Waals surface area contributed by atoms with Gasteiger partial charge in [0, 0.05) is 12.7 Å². The Kier molecular flexibility index (Phi) is 4.29. The highest BCUT2D eigenvalue weighted by Gasteiger charge is 2.32. The van der Waals surface area contributed by atoms with E-state index in [9.17, 15) is 21.6 Å². The molecule has 0 saturated carbocycles. The van der Waals surface area contributed by atoms with Crippen molar-refractivity contribution in [3.8, 4) is 5.75 Å². The van der Waals surface area contributed by atoms with Gasteiger partial charge in [-0.1, -0.05) is 0 Å². The van der Waals surface area contributed by atoms with E-state index < -0.39 is 22.1 Å². The van der Waals surface area contributed by atoms with Crippen molar-refractivity contribution in [2.45, 2.75) is 24.2 Å². The molecule has 0 saturated heterocycles. The van der Waals surface area contributed by atoms with Gasteiger partial charge in [-0.15, -0.1) is 13.2 Å². The Morgan fingerprint density at radius 1 is 1.20 bits per heavy atom. The number of aromatic nitrogens is 2. The Bertz CT molecular complexity index is 885. The number of hydrogen-bond donors (Lipinski definition) is 1. The average Bonchev–Trinajstić information content (AvgIpc) is 2.53. The lowest BCUT2D eigenvalue weighted by Crippen LogP contribution is -2.36. The zero-order chi connectivity index (χ0) is 18.2. The first-order valence-electron chi connectivity index (χ1n) is 7.11. The number of anilines is 1. The SMILES string of the molecule is Nc1ncc2c(n1)CN(S(=O)(=O)c1ccc(OC(F)(F)F)cc1)CC2. The second kappa shape index (κ2) is 6.15. The average molecular weight is 374 g/mol. The lowest BCUT2D eigenvalue weighted by Gasteiger charge is -2.27. The van der Waals surface area contributed by atoms with Crippen molar-refractivity contribution >= 4 is 16.0 Å². The molecule has 1 aromatic heterocycles. The molecule has 25 heavy (non-hydrogen) atoms. The number of sulfonamides is 1. The van der Waals surface area contributed by atoms with Crippen molar-refractivity contribution in [3.63, 3.8) is 0 Å². The van der Waals surface area contributed by atoms with E-state index >= 15 is 0 Å². The minimum atomic E-state index is -4.84. The van der Waals surface area contributed by atoms with E-state index in [-0.39, 0.29) is 23.9 Å². The van der Waals surface area contributed by atoms with Crippen LogP contribution < -0.4 is 10.5 Å². The van der Waals surface area contributed by atoms with Crippen LogP contribution in [0.5, 0.6) is 5.75 Å². The molecule has 134 valence electrons. The molecule has 2 N–H and O–H groups in total. The van der Waals surface area contributed by atoms with Gasteiger partial charge in [-0.3, -0.25) is 0 Å². The first kappa shape index (κ1) is 17.4. The number of nitrogens with two attached hydrogens (primary N) is 1. The molecule has 0 atom stereocenters. The van der Waals surface area contributed by atoms with Gasteiger partial charge in [0.1, 0.15) is 5.75 Å². The highest BCUT2D eigenvalue weighted by Crippen LogP contribution is 2.27. The summed E-state index contributed by atoms with van der Waals surface area (Å²) in [5.41, 5.74) is 6.85. The zero-order valence-corrected chi connectivity index (χ0v) is 13.5. The number of benzene rings is 1. The number of halogens is 3. The summed E-state index contributed by atoms with van der Waals surface area (Å²) in [6, 6.07) is 4.05. The maximum atomic E-state index is 12.7. The summed E-state index contributed by atoms with van der Waals surface area (Å²) >= 11 is 0. The van der Waals surface area contributed by atoms with E-state index in [1.165, 1.54) is 4.31 Å². The first-order valence-corrected chi connectivity index (χ1v) is 8.55. The van der Waals surface area contributed by atoms with Gasteiger partial charge in [0.15, 0.2) is 0 Å². The molecule has 2 aromatic rings.